The van der Waals surface area contributed by atoms with Crippen molar-refractivity contribution < 1.29 is 0 Å². The van der Waals surface area contributed by atoms with Crippen LogP contribution >= 0.6 is 0 Å². The van der Waals surface area contributed by atoms with Crippen molar-refractivity contribution in [3.63, 3.8) is 0 Å². The molecule has 2 fully saturated rings. The van der Waals surface area contributed by atoms with E-state index in [0.29, 0.717) is 0 Å². The lowest BCUT2D eigenvalue weighted by Crippen LogP contribution is -2.48. The molecule has 0 spiro atoms. The van der Waals surface area contributed by atoms with E-state index in [1.54, 1.807) is 0 Å². The molecular formula is C14H21N3. The van der Waals surface area contributed by atoms with Crippen LogP contribution in [0.5, 0.6) is 0 Å². The minimum Gasteiger partial charge on any atom is -0.357 e. The quantitative estimate of drug-likeness (QED) is 0.864. The molecule has 0 radical (unpaired) electrons. The van der Waals surface area contributed by atoms with Gasteiger partial charge in [0.05, 0.1) is 0 Å². The molecule has 0 bridgehead atoms. The summed E-state index contributed by atoms with van der Waals surface area (Å²) in [6, 6.07) is 7.72. The van der Waals surface area contributed by atoms with E-state index >= 15 is 0 Å². The summed E-state index contributed by atoms with van der Waals surface area (Å²) < 4.78 is 0. The maximum atomic E-state index is 4.42. The molecule has 3 heteroatoms. The zero-order chi connectivity index (χ0) is 11.5. The number of nitrogens with one attached hydrogen (secondary N) is 1. The fourth-order valence-electron chi connectivity index (χ4n) is 2.72. The number of anilines is 1. The molecule has 0 atom stereocenters. The molecule has 92 valence electrons. The van der Waals surface area contributed by atoms with Crippen molar-refractivity contribution in [1.82, 2.24) is 10.3 Å². The summed E-state index contributed by atoms with van der Waals surface area (Å²) in [6.07, 6.45) is 8.60. The second-order valence-corrected chi connectivity index (χ2v) is 5.24. The van der Waals surface area contributed by atoms with Crippen molar-refractivity contribution in [3.8, 4) is 0 Å². The van der Waals surface area contributed by atoms with E-state index in [1.807, 2.05) is 12.3 Å². The molecule has 3 rings (SSSR count). The first-order chi connectivity index (χ1) is 8.42. The summed E-state index contributed by atoms with van der Waals surface area (Å²) in [5.74, 6) is 1.13. The van der Waals surface area contributed by atoms with Gasteiger partial charge in [-0.25, -0.2) is 4.98 Å². The van der Waals surface area contributed by atoms with E-state index in [2.05, 4.69) is 27.3 Å². The third-order valence-corrected chi connectivity index (χ3v) is 4.04. The zero-order valence-corrected chi connectivity index (χ0v) is 10.3. The molecule has 3 nitrogen and oxygen atoms in total. The first-order valence-electron chi connectivity index (χ1n) is 6.84. The van der Waals surface area contributed by atoms with Gasteiger partial charge in [0.2, 0.25) is 0 Å². The van der Waals surface area contributed by atoms with E-state index in [-0.39, 0.29) is 0 Å². The molecule has 1 saturated heterocycles. The highest BCUT2D eigenvalue weighted by Crippen LogP contribution is 2.22. The van der Waals surface area contributed by atoms with Gasteiger partial charge in [0.25, 0.3) is 0 Å². The van der Waals surface area contributed by atoms with Crippen LogP contribution in [0.2, 0.25) is 0 Å². The second-order valence-electron chi connectivity index (χ2n) is 5.24. The van der Waals surface area contributed by atoms with Gasteiger partial charge in [0.1, 0.15) is 5.82 Å². The number of rotatable bonds is 3. The molecule has 0 unspecified atom stereocenters. The van der Waals surface area contributed by atoms with Crippen molar-refractivity contribution >= 4 is 5.82 Å². The Hall–Kier alpha value is -1.09. The maximum Gasteiger partial charge on any atom is 0.128 e. The fraction of sp³-hybridized carbons (Fsp3) is 0.643. The Morgan fingerprint density at radius 1 is 1.06 bits per heavy atom. The Morgan fingerprint density at radius 3 is 2.41 bits per heavy atom. The number of hydrogen-bond acceptors (Lipinski definition) is 3. The van der Waals surface area contributed by atoms with E-state index in [0.717, 1.165) is 31.0 Å². The normalized spacial score (nSPS) is 22.5. The minimum absolute atomic E-state index is 0.736. The molecule has 1 N–H and O–H groups in total. The Morgan fingerprint density at radius 2 is 1.82 bits per heavy atom. The van der Waals surface area contributed by atoms with Gasteiger partial charge in [0.15, 0.2) is 0 Å². The first kappa shape index (κ1) is 11.0. The zero-order valence-electron chi connectivity index (χ0n) is 10.3. The molecule has 2 aliphatic rings. The van der Waals surface area contributed by atoms with Gasteiger partial charge in [-0.2, -0.15) is 0 Å². The third kappa shape index (κ3) is 2.60. The molecule has 1 aliphatic carbocycles. The lowest BCUT2D eigenvalue weighted by molar-refractivity contribution is 0.279. The summed E-state index contributed by atoms with van der Waals surface area (Å²) in [5.41, 5.74) is 0. The molecule has 0 aromatic carbocycles. The molecule has 17 heavy (non-hydrogen) atoms. The molecule has 1 saturated carbocycles. The molecule has 2 heterocycles. The van der Waals surface area contributed by atoms with E-state index in [4.69, 9.17) is 0 Å². The van der Waals surface area contributed by atoms with Crippen LogP contribution in [0.4, 0.5) is 5.82 Å². The van der Waals surface area contributed by atoms with Gasteiger partial charge >= 0.3 is 0 Å². The molecule has 1 aromatic rings. The van der Waals surface area contributed by atoms with Crippen LogP contribution in [0.1, 0.15) is 32.1 Å². The van der Waals surface area contributed by atoms with E-state index < -0.39 is 0 Å². The SMILES string of the molecule is c1ccc(N2CCC(NC3CCC3)CC2)nc1. The number of piperidine rings is 1. The maximum absolute atomic E-state index is 4.42. The van der Waals surface area contributed by atoms with Gasteiger partial charge < -0.3 is 10.2 Å². The van der Waals surface area contributed by atoms with Crippen LogP contribution in [-0.2, 0) is 0 Å². The largest absolute Gasteiger partial charge is 0.357 e. The predicted molar refractivity (Wildman–Crippen MR) is 70.2 cm³/mol. The van der Waals surface area contributed by atoms with Crippen molar-refractivity contribution in [1.29, 1.82) is 0 Å². The fourth-order valence-corrected chi connectivity index (χ4v) is 2.72. The van der Waals surface area contributed by atoms with E-state index in [1.165, 1.54) is 32.1 Å². The summed E-state index contributed by atoms with van der Waals surface area (Å²) in [7, 11) is 0. The van der Waals surface area contributed by atoms with Crippen LogP contribution in [0.25, 0.3) is 0 Å². The summed E-state index contributed by atoms with van der Waals surface area (Å²) in [6.45, 7) is 2.28. The standard InChI is InChI=1S/C14H21N3/c1-2-9-15-14(6-1)17-10-7-13(8-11-17)16-12-4-3-5-12/h1-2,6,9,12-13,16H,3-5,7-8,10-11H2. The van der Waals surface area contributed by atoms with Gasteiger partial charge in [-0.05, 0) is 37.8 Å². The van der Waals surface area contributed by atoms with Crippen molar-refractivity contribution in [2.45, 2.75) is 44.2 Å². The first-order valence-corrected chi connectivity index (χ1v) is 6.84. The Kier molecular flexibility index (Phi) is 3.27. The lowest BCUT2D eigenvalue weighted by Gasteiger charge is -2.37. The smallest absolute Gasteiger partial charge is 0.128 e. The molecule has 1 aromatic heterocycles. The summed E-state index contributed by atoms with van der Waals surface area (Å²) in [4.78, 5) is 6.82. The predicted octanol–water partition coefficient (Wildman–Crippen LogP) is 2.19. The van der Waals surface area contributed by atoms with Crippen LogP contribution in [0.15, 0.2) is 24.4 Å². The lowest BCUT2D eigenvalue weighted by atomic mass is 9.91. The highest BCUT2D eigenvalue weighted by Gasteiger charge is 2.24. The van der Waals surface area contributed by atoms with Crippen LogP contribution in [-0.4, -0.2) is 30.2 Å². The van der Waals surface area contributed by atoms with Crippen LogP contribution in [0.3, 0.4) is 0 Å². The average Bonchev–Trinajstić information content (AvgIpc) is 2.36. The van der Waals surface area contributed by atoms with Crippen molar-refractivity contribution in [2.24, 2.45) is 0 Å². The van der Waals surface area contributed by atoms with Gasteiger partial charge in [-0.1, -0.05) is 12.5 Å². The number of nitrogens with zero attached hydrogens (tertiary/aromatic N) is 2. The van der Waals surface area contributed by atoms with Gasteiger partial charge in [-0.15, -0.1) is 0 Å². The van der Waals surface area contributed by atoms with Gasteiger partial charge in [0, 0.05) is 31.4 Å². The summed E-state index contributed by atoms with van der Waals surface area (Å²) in [5, 5.41) is 3.78. The number of pyridine rings is 1. The van der Waals surface area contributed by atoms with Crippen molar-refractivity contribution in [3.05, 3.63) is 24.4 Å². The third-order valence-electron chi connectivity index (χ3n) is 4.04. The minimum atomic E-state index is 0.736. The Balaban J connectivity index is 1.50. The number of hydrogen-bond donors (Lipinski definition) is 1. The topological polar surface area (TPSA) is 28.2 Å². The van der Waals surface area contributed by atoms with Gasteiger partial charge in [-0.3, -0.25) is 0 Å². The summed E-state index contributed by atoms with van der Waals surface area (Å²) >= 11 is 0. The molecule has 0 amide bonds. The highest BCUT2D eigenvalue weighted by atomic mass is 15.2. The average molecular weight is 231 g/mol. The van der Waals surface area contributed by atoms with Crippen LogP contribution < -0.4 is 10.2 Å². The Bertz CT molecular complexity index is 340. The van der Waals surface area contributed by atoms with Crippen molar-refractivity contribution in [2.75, 3.05) is 18.0 Å². The van der Waals surface area contributed by atoms with Crippen LogP contribution in [0, 0.1) is 0 Å². The molecule has 1 aliphatic heterocycles. The van der Waals surface area contributed by atoms with E-state index in [9.17, 15) is 0 Å². The Labute approximate surface area is 103 Å². The highest BCUT2D eigenvalue weighted by molar-refractivity contribution is 5.38. The monoisotopic (exact) mass is 231 g/mol. The number of aromatic nitrogens is 1. The second kappa shape index (κ2) is 5.05. The molecular weight excluding hydrogens is 210 g/mol.